The number of hydrogen-bond donors (Lipinski definition) is 0. The van der Waals surface area contributed by atoms with E-state index in [2.05, 4.69) is 5.16 Å². The number of oxime groups is 1. The van der Waals surface area contributed by atoms with Crippen molar-refractivity contribution in [3.8, 4) is 0 Å². The highest BCUT2D eigenvalue weighted by molar-refractivity contribution is 7.89. The van der Waals surface area contributed by atoms with E-state index in [1.807, 2.05) is 13.8 Å². The molecule has 0 N–H and O–H groups in total. The minimum atomic E-state index is -3.44. The van der Waals surface area contributed by atoms with Crippen molar-refractivity contribution in [1.82, 2.24) is 4.31 Å². The molecule has 0 bridgehead atoms. The molecule has 1 aliphatic heterocycles. The predicted octanol–water partition coefficient (Wildman–Crippen LogP) is 1.47. The maximum atomic E-state index is 12.5. The Labute approximate surface area is 125 Å². The third-order valence-corrected chi connectivity index (χ3v) is 5.12. The lowest BCUT2D eigenvalue weighted by molar-refractivity contribution is 0.0730. The van der Waals surface area contributed by atoms with Crippen LogP contribution in [0.25, 0.3) is 0 Å². The van der Waals surface area contributed by atoms with Crippen molar-refractivity contribution >= 4 is 15.7 Å². The average Bonchev–Trinajstić information content (AvgIpc) is 2.53. The number of hydrogen-bond acceptors (Lipinski definition) is 5. The van der Waals surface area contributed by atoms with Crippen LogP contribution in [0.15, 0.2) is 34.3 Å². The summed E-state index contributed by atoms with van der Waals surface area (Å²) in [6.45, 7) is 5.86. The summed E-state index contributed by atoms with van der Waals surface area (Å²) in [7, 11) is -3.44. The molecule has 6 nitrogen and oxygen atoms in total. The quantitative estimate of drug-likeness (QED) is 0.610. The largest absolute Gasteiger partial charge is 0.396 e. The highest BCUT2D eigenvalue weighted by Gasteiger charge is 2.26. The molecule has 21 heavy (non-hydrogen) atoms. The first-order chi connectivity index (χ1) is 10.1. The van der Waals surface area contributed by atoms with Crippen molar-refractivity contribution in [1.29, 1.82) is 0 Å². The Morgan fingerprint density at radius 2 is 1.90 bits per heavy atom. The van der Waals surface area contributed by atoms with E-state index in [0.29, 0.717) is 38.6 Å². The zero-order chi connectivity index (χ0) is 15.3. The summed E-state index contributed by atoms with van der Waals surface area (Å²) >= 11 is 0. The topological polar surface area (TPSA) is 68.2 Å². The Kier molecular flexibility index (Phi) is 5.33. The molecule has 2 rings (SSSR count). The second kappa shape index (κ2) is 7.02. The Bertz CT molecular complexity index is 590. The van der Waals surface area contributed by atoms with Gasteiger partial charge >= 0.3 is 0 Å². The van der Waals surface area contributed by atoms with E-state index in [0.717, 1.165) is 5.56 Å². The minimum absolute atomic E-state index is 0.289. The fourth-order valence-corrected chi connectivity index (χ4v) is 3.43. The summed E-state index contributed by atoms with van der Waals surface area (Å²) in [5.74, 6) is 0. The van der Waals surface area contributed by atoms with E-state index in [1.165, 1.54) is 4.31 Å². The number of rotatable bonds is 5. The van der Waals surface area contributed by atoms with Gasteiger partial charge in [-0.15, -0.1) is 0 Å². The van der Waals surface area contributed by atoms with E-state index in [1.54, 1.807) is 24.3 Å². The summed E-state index contributed by atoms with van der Waals surface area (Å²) in [5, 5.41) is 3.93. The van der Waals surface area contributed by atoms with Gasteiger partial charge in [0.2, 0.25) is 10.0 Å². The molecule has 1 aromatic carbocycles. The molecule has 0 radical (unpaired) electrons. The van der Waals surface area contributed by atoms with Gasteiger partial charge in [-0.1, -0.05) is 17.3 Å². The summed E-state index contributed by atoms with van der Waals surface area (Å²) in [5.41, 5.74) is 1.55. The fourth-order valence-electron chi connectivity index (χ4n) is 2.02. The van der Waals surface area contributed by atoms with Gasteiger partial charge < -0.3 is 9.57 Å². The van der Waals surface area contributed by atoms with Crippen LogP contribution in [0.5, 0.6) is 0 Å². The number of nitrogens with zero attached hydrogens (tertiary/aromatic N) is 2. The lowest BCUT2D eigenvalue weighted by Gasteiger charge is -2.26. The van der Waals surface area contributed by atoms with Gasteiger partial charge in [0.05, 0.1) is 23.8 Å². The van der Waals surface area contributed by atoms with Gasteiger partial charge in [0.15, 0.2) is 0 Å². The summed E-state index contributed by atoms with van der Waals surface area (Å²) in [6.07, 6.45) is 0. The van der Waals surface area contributed by atoms with Crippen LogP contribution in [0.1, 0.15) is 19.4 Å². The average molecular weight is 312 g/mol. The van der Waals surface area contributed by atoms with E-state index in [-0.39, 0.29) is 4.90 Å². The van der Waals surface area contributed by atoms with Crippen LogP contribution in [0.2, 0.25) is 0 Å². The van der Waals surface area contributed by atoms with Crippen molar-refractivity contribution < 1.29 is 18.0 Å². The van der Waals surface area contributed by atoms with Gasteiger partial charge in [0.25, 0.3) is 0 Å². The molecule has 1 aliphatic rings. The number of sulfonamides is 1. The number of morpholine rings is 1. The van der Waals surface area contributed by atoms with E-state index in [9.17, 15) is 8.42 Å². The SMILES string of the molecule is CCO/N=C(\C)c1ccc(S(=O)(=O)N2CCOCC2)cc1. The van der Waals surface area contributed by atoms with Crippen LogP contribution in [0.4, 0.5) is 0 Å². The third-order valence-electron chi connectivity index (χ3n) is 3.21. The molecule has 116 valence electrons. The zero-order valence-corrected chi connectivity index (χ0v) is 13.1. The van der Waals surface area contributed by atoms with Crippen molar-refractivity contribution in [3.63, 3.8) is 0 Å². The molecule has 0 atom stereocenters. The smallest absolute Gasteiger partial charge is 0.243 e. The molecule has 0 saturated carbocycles. The first kappa shape index (κ1) is 15.9. The molecule has 1 fully saturated rings. The maximum Gasteiger partial charge on any atom is 0.243 e. The molecule has 0 unspecified atom stereocenters. The highest BCUT2D eigenvalue weighted by atomic mass is 32.2. The van der Waals surface area contributed by atoms with Crippen LogP contribution in [-0.2, 0) is 19.6 Å². The fraction of sp³-hybridized carbons (Fsp3) is 0.500. The Morgan fingerprint density at radius 1 is 1.29 bits per heavy atom. The molecular formula is C14H20N2O4S. The molecule has 7 heteroatoms. The van der Waals surface area contributed by atoms with Crippen molar-refractivity contribution in [2.45, 2.75) is 18.7 Å². The first-order valence-corrected chi connectivity index (χ1v) is 8.34. The zero-order valence-electron chi connectivity index (χ0n) is 12.3. The lowest BCUT2D eigenvalue weighted by Crippen LogP contribution is -2.40. The Morgan fingerprint density at radius 3 is 2.48 bits per heavy atom. The minimum Gasteiger partial charge on any atom is -0.396 e. The van der Waals surface area contributed by atoms with E-state index in [4.69, 9.17) is 9.57 Å². The Balaban J connectivity index is 2.18. The number of ether oxygens (including phenoxy) is 1. The van der Waals surface area contributed by atoms with Gasteiger partial charge in [0, 0.05) is 13.1 Å². The summed E-state index contributed by atoms with van der Waals surface area (Å²) < 4.78 is 31.5. The second-order valence-corrected chi connectivity index (χ2v) is 6.57. The molecule has 1 heterocycles. The molecule has 0 amide bonds. The summed E-state index contributed by atoms with van der Waals surface area (Å²) in [6, 6.07) is 6.69. The number of benzene rings is 1. The second-order valence-electron chi connectivity index (χ2n) is 4.64. The highest BCUT2D eigenvalue weighted by Crippen LogP contribution is 2.18. The standard InChI is InChI=1S/C14H20N2O4S/c1-3-20-15-12(2)13-4-6-14(7-5-13)21(17,18)16-8-10-19-11-9-16/h4-7H,3,8-11H2,1-2H3/b15-12+. The van der Waals surface area contributed by atoms with Crippen LogP contribution in [-0.4, -0.2) is 51.3 Å². The van der Waals surface area contributed by atoms with Crippen molar-refractivity contribution in [2.75, 3.05) is 32.9 Å². The van der Waals surface area contributed by atoms with E-state index < -0.39 is 10.0 Å². The Hall–Kier alpha value is -1.44. The predicted molar refractivity (Wildman–Crippen MR) is 79.9 cm³/mol. The van der Waals surface area contributed by atoms with Gasteiger partial charge in [-0.2, -0.15) is 4.31 Å². The van der Waals surface area contributed by atoms with Gasteiger partial charge in [0.1, 0.15) is 6.61 Å². The summed E-state index contributed by atoms with van der Waals surface area (Å²) in [4.78, 5) is 5.28. The molecule has 0 aromatic heterocycles. The molecule has 1 aromatic rings. The maximum absolute atomic E-state index is 12.5. The van der Waals surface area contributed by atoms with Crippen LogP contribution in [0, 0.1) is 0 Å². The normalized spacial score (nSPS) is 17.7. The monoisotopic (exact) mass is 312 g/mol. The molecule has 0 spiro atoms. The van der Waals surface area contributed by atoms with Crippen LogP contribution in [0.3, 0.4) is 0 Å². The van der Waals surface area contributed by atoms with Crippen molar-refractivity contribution in [3.05, 3.63) is 29.8 Å². The van der Waals surface area contributed by atoms with Crippen LogP contribution >= 0.6 is 0 Å². The van der Waals surface area contributed by atoms with E-state index >= 15 is 0 Å². The van der Waals surface area contributed by atoms with Crippen LogP contribution < -0.4 is 0 Å². The van der Waals surface area contributed by atoms with Gasteiger partial charge in [-0.05, 0) is 31.5 Å². The molecular weight excluding hydrogens is 292 g/mol. The third kappa shape index (κ3) is 3.81. The molecule has 1 saturated heterocycles. The van der Waals surface area contributed by atoms with Gasteiger partial charge in [-0.3, -0.25) is 0 Å². The molecule has 0 aliphatic carbocycles. The van der Waals surface area contributed by atoms with Crippen molar-refractivity contribution in [2.24, 2.45) is 5.16 Å². The first-order valence-electron chi connectivity index (χ1n) is 6.90. The lowest BCUT2D eigenvalue weighted by atomic mass is 10.1. The van der Waals surface area contributed by atoms with Gasteiger partial charge in [-0.25, -0.2) is 8.42 Å².